The largest absolute Gasteiger partial charge is 0.465 e. The van der Waals surface area contributed by atoms with Gasteiger partial charge in [0.2, 0.25) is 0 Å². The molecule has 1 aliphatic carbocycles. The maximum Gasteiger partial charge on any atom is 0.340 e. The summed E-state index contributed by atoms with van der Waals surface area (Å²) in [5, 5.41) is 0. The summed E-state index contributed by atoms with van der Waals surface area (Å²) >= 11 is 0. The van der Waals surface area contributed by atoms with Crippen LogP contribution in [0.25, 0.3) is 0 Å². The summed E-state index contributed by atoms with van der Waals surface area (Å²) < 4.78 is 10.8. The number of nitrogens with two attached hydrogens (primary N) is 1. The van der Waals surface area contributed by atoms with Gasteiger partial charge in [-0.25, -0.2) is 4.79 Å². The smallest absolute Gasteiger partial charge is 0.340 e. The molecular weight excluding hydrogens is 268 g/mol. The number of ether oxygens (including phenoxy) is 2. The highest BCUT2D eigenvalue weighted by molar-refractivity contribution is 5.97. The van der Waals surface area contributed by atoms with E-state index in [1.165, 1.54) is 20.0 Å². The van der Waals surface area contributed by atoms with E-state index in [9.17, 15) is 4.79 Å². The fourth-order valence-electron chi connectivity index (χ4n) is 3.47. The molecule has 2 unspecified atom stereocenters. The summed E-state index contributed by atoms with van der Waals surface area (Å²) in [6.07, 6.45) is 4.92. The number of benzene rings is 1. The van der Waals surface area contributed by atoms with Gasteiger partial charge in [-0.3, -0.25) is 0 Å². The van der Waals surface area contributed by atoms with Gasteiger partial charge in [0.15, 0.2) is 0 Å². The van der Waals surface area contributed by atoms with Crippen molar-refractivity contribution in [3.05, 3.63) is 23.8 Å². The second-order valence-corrected chi connectivity index (χ2v) is 5.72. The number of carbonyl (C=O) groups excluding carboxylic acids is 1. The quantitative estimate of drug-likeness (QED) is 0.668. The van der Waals surface area contributed by atoms with E-state index in [2.05, 4.69) is 4.90 Å². The molecule has 2 N–H and O–H groups in total. The number of anilines is 2. The standard InChI is InChI=1S/C16H22N2O3/c1-20-16(19)12-10-11(17)6-7-13(12)18-8-9-21-15-5-3-2-4-14(15)18/h6-7,10,14-15H,2-5,8-9,17H2,1H3. The SMILES string of the molecule is COC(=O)c1cc(N)ccc1N1CCOC2CCCCC21. The first kappa shape index (κ1) is 14.2. The molecule has 0 bridgehead atoms. The van der Waals surface area contributed by atoms with Gasteiger partial charge in [-0.2, -0.15) is 0 Å². The molecule has 0 amide bonds. The Kier molecular flexibility index (Phi) is 4.01. The Morgan fingerprint density at radius 3 is 3.00 bits per heavy atom. The zero-order valence-corrected chi connectivity index (χ0v) is 12.4. The maximum atomic E-state index is 12.1. The van der Waals surface area contributed by atoms with Crippen molar-refractivity contribution in [2.75, 3.05) is 30.9 Å². The van der Waals surface area contributed by atoms with Gasteiger partial charge in [0.1, 0.15) is 0 Å². The van der Waals surface area contributed by atoms with Gasteiger partial charge >= 0.3 is 5.97 Å². The Labute approximate surface area is 125 Å². The van der Waals surface area contributed by atoms with Crippen LogP contribution < -0.4 is 10.6 Å². The number of fused-ring (bicyclic) bond motifs is 1. The Morgan fingerprint density at radius 1 is 1.38 bits per heavy atom. The van der Waals surface area contributed by atoms with Crippen LogP contribution in [0.1, 0.15) is 36.0 Å². The summed E-state index contributed by atoms with van der Waals surface area (Å²) in [6, 6.07) is 5.82. The number of esters is 1. The monoisotopic (exact) mass is 290 g/mol. The number of rotatable bonds is 2. The van der Waals surface area contributed by atoms with E-state index in [0.29, 0.717) is 23.9 Å². The minimum Gasteiger partial charge on any atom is -0.465 e. The highest BCUT2D eigenvalue weighted by atomic mass is 16.5. The molecule has 0 aromatic heterocycles. The molecule has 2 atom stereocenters. The van der Waals surface area contributed by atoms with Crippen LogP contribution in [0.3, 0.4) is 0 Å². The first-order valence-corrected chi connectivity index (χ1v) is 7.57. The van der Waals surface area contributed by atoms with Crippen molar-refractivity contribution < 1.29 is 14.3 Å². The molecule has 1 saturated heterocycles. The molecule has 0 radical (unpaired) electrons. The van der Waals surface area contributed by atoms with Gasteiger partial charge in [-0.1, -0.05) is 12.8 Å². The zero-order chi connectivity index (χ0) is 14.8. The Balaban J connectivity index is 1.96. The lowest BCUT2D eigenvalue weighted by Gasteiger charge is -2.45. The molecule has 1 saturated carbocycles. The maximum absolute atomic E-state index is 12.1. The number of methoxy groups -OCH3 is 1. The lowest BCUT2D eigenvalue weighted by Crippen LogP contribution is -2.53. The van der Waals surface area contributed by atoms with Crippen molar-refractivity contribution in [2.45, 2.75) is 37.8 Å². The van der Waals surface area contributed by atoms with Crippen molar-refractivity contribution >= 4 is 17.3 Å². The van der Waals surface area contributed by atoms with Gasteiger partial charge in [0.25, 0.3) is 0 Å². The highest BCUT2D eigenvalue weighted by Crippen LogP contribution is 2.34. The van der Waals surface area contributed by atoms with Crippen LogP contribution in [0.2, 0.25) is 0 Å². The molecule has 114 valence electrons. The van der Waals surface area contributed by atoms with Crippen LogP contribution in [0.15, 0.2) is 18.2 Å². The van der Waals surface area contributed by atoms with E-state index in [0.717, 1.165) is 25.1 Å². The van der Waals surface area contributed by atoms with Crippen molar-refractivity contribution in [3.63, 3.8) is 0 Å². The number of nitrogens with zero attached hydrogens (tertiary/aromatic N) is 1. The fourth-order valence-corrected chi connectivity index (χ4v) is 3.47. The topological polar surface area (TPSA) is 64.8 Å². The Bertz CT molecular complexity index is 530. The van der Waals surface area contributed by atoms with E-state index in [1.54, 1.807) is 6.07 Å². The third-order valence-corrected chi connectivity index (χ3v) is 4.47. The molecule has 5 nitrogen and oxygen atoms in total. The summed E-state index contributed by atoms with van der Waals surface area (Å²) in [4.78, 5) is 14.4. The number of morpholine rings is 1. The van der Waals surface area contributed by atoms with Crippen LogP contribution >= 0.6 is 0 Å². The number of carbonyl (C=O) groups is 1. The van der Waals surface area contributed by atoms with E-state index < -0.39 is 0 Å². The van der Waals surface area contributed by atoms with Crippen LogP contribution in [0, 0.1) is 0 Å². The normalized spacial score (nSPS) is 25.3. The van der Waals surface area contributed by atoms with Gasteiger partial charge in [-0.05, 0) is 31.0 Å². The van der Waals surface area contributed by atoms with Crippen molar-refractivity contribution in [2.24, 2.45) is 0 Å². The van der Waals surface area contributed by atoms with Crippen molar-refractivity contribution in [1.29, 1.82) is 0 Å². The zero-order valence-electron chi connectivity index (χ0n) is 12.4. The third-order valence-electron chi connectivity index (χ3n) is 4.47. The van der Waals surface area contributed by atoms with Crippen LogP contribution in [0.5, 0.6) is 0 Å². The predicted molar refractivity (Wildman–Crippen MR) is 81.5 cm³/mol. The van der Waals surface area contributed by atoms with Crippen LogP contribution in [-0.4, -0.2) is 38.4 Å². The third kappa shape index (κ3) is 2.70. The van der Waals surface area contributed by atoms with E-state index in [-0.39, 0.29) is 12.1 Å². The fraction of sp³-hybridized carbons (Fsp3) is 0.562. The first-order valence-electron chi connectivity index (χ1n) is 7.57. The molecule has 0 spiro atoms. The average Bonchev–Trinajstić information content (AvgIpc) is 2.53. The first-order chi connectivity index (χ1) is 10.2. The van der Waals surface area contributed by atoms with Crippen molar-refractivity contribution in [1.82, 2.24) is 0 Å². The number of hydrogen-bond acceptors (Lipinski definition) is 5. The second kappa shape index (κ2) is 5.93. The van der Waals surface area contributed by atoms with Crippen LogP contribution in [0.4, 0.5) is 11.4 Å². The molecule has 2 aliphatic rings. The van der Waals surface area contributed by atoms with Gasteiger partial charge in [0, 0.05) is 12.2 Å². The van der Waals surface area contributed by atoms with Gasteiger partial charge in [-0.15, -0.1) is 0 Å². The minimum absolute atomic E-state index is 0.274. The van der Waals surface area contributed by atoms with Gasteiger partial charge in [0.05, 0.1) is 37.1 Å². The summed E-state index contributed by atoms with van der Waals surface area (Å²) in [7, 11) is 1.40. The Hall–Kier alpha value is -1.75. The molecule has 1 heterocycles. The lowest BCUT2D eigenvalue weighted by molar-refractivity contribution is -0.00879. The molecule has 1 aliphatic heterocycles. The molecule has 1 aromatic carbocycles. The molecule has 21 heavy (non-hydrogen) atoms. The molecule has 2 fully saturated rings. The molecule has 1 aromatic rings. The van der Waals surface area contributed by atoms with E-state index in [4.69, 9.17) is 15.2 Å². The summed E-state index contributed by atoms with van der Waals surface area (Å²) in [5.41, 5.74) is 7.87. The number of hydrogen-bond donors (Lipinski definition) is 1. The van der Waals surface area contributed by atoms with Crippen molar-refractivity contribution in [3.8, 4) is 0 Å². The van der Waals surface area contributed by atoms with Gasteiger partial charge < -0.3 is 20.1 Å². The predicted octanol–water partition coefficient (Wildman–Crippen LogP) is 2.20. The lowest BCUT2D eigenvalue weighted by atomic mass is 9.89. The molecular formula is C16H22N2O3. The molecule has 5 heteroatoms. The number of nitrogen functional groups attached to an aromatic ring is 1. The highest BCUT2D eigenvalue weighted by Gasteiger charge is 2.35. The average molecular weight is 290 g/mol. The Morgan fingerprint density at radius 2 is 2.19 bits per heavy atom. The minimum atomic E-state index is -0.337. The van der Waals surface area contributed by atoms with E-state index in [1.807, 2.05) is 12.1 Å². The molecule has 3 rings (SSSR count). The van der Waals surface area contributed by atoms with Crippen LogP contribution in [-0.2, 0) is 9.47 Å². The summed E-state index contributed by atoms with van der Waals surface area (Å²) in [5.74, 6) is -0.337. The van der Waals surface area contributed by atoms with E-state index >= 15 is 0 Å². The second-order valence-electron chi connectivity index (χ2n) is 5.72. The summed E-state index contributed by atoms with van der Waals surface area (Å²) in [6.45, 7) is 1.50.